The third-order valence-electron chi connectivity index (χ3n) is 5.56. The van der Waals surface area contributed by atoms with Crippen LogP contribution < -0.4 is 4.90 Å². The third kappa shape index (κ3) is 5.34. The first kappa shape index (κ1) is 24.8. The summed E-state index contributed by atoms with van der Waals surface area (Å²) in [6.07, 6.45) is 0. The fourth-order valence-electron chi connectivity index (χ4n) is 3.68. The smallest absolute Gasteiger partial charge is 0.340 e. The molecule has 6 nitrogen and oxygen atoms in total. The number of carbonyl (C=O) groups excluding carboxylic acids is 1. The molecule has 3 aromatic carbocycles. The number of piperazine rings is 1. The first-order valence-corrected chi connectivity index (χ1v) is 13.0. The molecule has 0 bridgehead atoms. The summed E-state index contributed by atoms with van der Waals surface area (Å²) in [5.41, 5.74) is 1.46. The minimum atomic E-state index is -3.82. The molecule has 178 valence electrons. The van der Waals surface area contributed by atoms with E-state index in [1.54, 1.807) is 18.2 Å². The van der Waals surface area contributed by atoms with Crippen molar-refractivity contribution in [1.29, 1.82) is 0 Å². The molecule has 0 aromatic heterocycles. The summed E-state index contributed by atoms with van der Waals surface area (Å²) in [5.74, 6) is -0.771. The number of para-hydroxylation sites is 1. The van der Waals surface area contributed by atoms with Gasteiger partial charge in [0, 0.05) is 47.5 Å². The van der Waals surface area contributed by atoms with Crippen LogP contribution in [0.1, 0.15) is 15.9 Å². The van der Waals surface area contributed by atoms with Gasteiger partial charge in [0.15, 0.2) is 0 Å². The van der Waals surface area contributed by atoms with Gasteiger partial charge in [-0.3, -0.25) is 0 Å². The molecule has 0 unspecified atom stereocenters. The zero-order valence-corrected chi connectivity index (χ0v) is 21.0. The monoisotopic (exact) mass is 538 g/mol. The molecule has 4 rings (SSSR count). The largest absolute Gasteiger partial charge is 0.457 e. The standard InChI is InChI=1S/C24H21Cl3N2O4S/c25-21-7-4-8-22(26)20(21)16-33-24(30)19-15-18(9-10-23(19)27)34(31,32)29-13-11-28(12-14-29)17-5-2-1-3-6-17/h1-10,15H,11-14,16H2. The highest BCUT2D eigenvalue weighted by Gasteiger charge is 2.30. The summed E-state index contributed by atoms with van der Waals surface area (Å²) in [5, 5.41) is 0.804. The highest BCUT2D eigenvalue weighted by Crippen LogP contribution is 2.28. The number of nitrogens with zero attached hydrogens (tertiary/aromatic N) is 2. The summed E-state index contributed by atoms with van der Waals surface area (Å²) >= 11 is 18.4. The Bertz CT molecular complexity index is 1270. The molecule has 1 aliphatic rings. The lowest BCUT2D eigenvalue weighted by Crippen LogP contribution is -2.48. The fourth-order valence-corrected chi connectivity index (χ4v) is 5.83. The molecule has 3 aromatic rings. The minimum absolute atomic E-state index is 0.0206. The van der Waals surface area contributed by atoms with Crippen molar-refractivity contribution < 1.29 is 17.9 Å². The second-order valence-corrected chi connectivity index (χ2v) is 10.8. The maximum Gasteiger partial charge on any atom is 0.340 e. The summed E-state index contributed by atoms with van der Waals surface area (Å²) in [7, 11) is -3.82. The predicted octanol–water partition coefficient (Wildman–Crippen LogP) is 5.51. The molecule has 0 aliphatic carbocycles. The Balaban J connectivity index is 1.48. The summed E-state index contributed by atoms with van der Waals surface area (Å²) < 4.78 is 33.3. The molecule has 1 fully saturated rings. The van der Waals surface area contributed by atoms with Crippen LogP contribution in [0.25, 0.3) is 0 Å². The van der Waals surface area contributed by atoms with Crippen LogP contribution in [0.2, 0.25) is 15.1 Å². The topological polar surface area (TPSA) is 66.9 Å². The molecule has 0 spiro atoms. The molecule has 34 heavy (non-hydrogen) atoms. The van der Waals surface area contributed by atoms with Crippen molar-refractivity contribution in [3.05, 3.63) is 92.9 Å². The average Bonchev–Trinajstić information content (AvgIpc) is 2.84. The predicted molar refractivity (Wildman–Crippen MR) is 134 cm³/mol. The van der Waals surface area contributed by atoms with Crippen LogP contribution in [0, 0.1) is 0 Å². The van der Waals surface area contributed by atoms with Gasteiger partial charge in [0.25, 0.3) is 0 Å². The highest BCUT2D eigenvalue weighted by molar-refractivity contribution is 7.89. The first-order chi connectivity index (χ1) is 16.3. The Hall–Kier alpha value is -2.29. The number of rotatable bonds is 6. The number of sulfonamides is 1. The van der Waals surface area contributed by atoms with Gasteiger partial charge < -0.3 is 9.64 Å². The van der Waals surface area contributed by atoms with Gasteiger partial charge >= 0.3 is 5.97 Å². The van der Waals surface area contributed by atoms with Crippen molar-refractivity contribution in [3.8, 4) is 0 Å². The number of ether oxygens (including phenoxy) is 1. The van der Waals surface area contributed by atoms with E-state index in [-0.39, 0.29) is 22.1 Å². The van der Waals surface area contributed by atoms with Crippen LogP contribution in [-0.4, -0.2) is 44.9 Å². The molecule has 0 amide bonds. The molecule has 0 atom stereocenters. The molecule has 1 aliphatic heterocycles. The molecule has 0 radical (unpaired) electrons. The number of benzene rings is 3. The van der Waals surface area contributed by atoms with Gasteiger partial charge in [0.2, 0.25) is 10.0 Å². The quantitative estimate of drug-likeness (QED) is 0.386. The molecule has 0 N–H and O–H groups in total. The Morgan fingerprint density at radius 2 is 1.47 bits per heavy atom. The van der Waals surface area contributed by atoms with Gasteiger partial charge in [-0.1, -0.05) is 59.1 Å². The van der Waals surface area contributed by atoms with Crippen LogP contribution in [-0.2, 0) is 21.4 Å². The van der Waals surface area contributed by atoms with E-state index in [1.165, 1.54) is 22.5 Å². The van der Waals surface area contributed by atoms with Crippen LogP contribution in [0.4, 0.5) is 5.69 Å². The minimum Gasteiger partial charge on any atom is -0.457 e. The van der Waals surface area contributed by atoms with Gasteiger partial charge in [-0.25, -0.2) is 13.2 Å². The van der Waals surface area contributed by atoms with Gasteiger partial charge in [-0.05, 0) is 42.5 Å². The number of esters is 1. The van der Waals surface area contributed by atoms with E-state index in [0.29, 0.717) is 41.8 Å². The second kappa shape index (κ2) is 10.5. The van der Waals surface area contributed by atoms with E-state index < -0.39 is 16.0 Å². The molecule has 0 saturated carbocycles. The Labute approximate surface area is 213 Å². The lowest BCUT2D eigenvalue weighted by Gasteiger charge is -2.35. The van der Waals surface area contributed by atoms with Crippen molar-refractivity contribution in [1.82, 2.24) is 4.31 Å². The molecule has 1 saturated heterocycles. The first-order valence-electron chi connectivity index (χ1n) is 10.5. The van der Waals surface area contributed by atoms with Crippen molar-refractivity contribution in [3.63, 3.8) is 0 Å². The van der Waals surface area contributed by atoms with Crippen LogP contribution in [0.15, 0.2) is 71.6 Å². The van der Waals surface area contributed by atoms with E-state index >= 15 is 0 Å². The molecular weight excluding hydrogens is 519 g/mol. The van der Waals surface area contributed by atoms with Crippen molar-refractivity contribution >= 4 is 56.5 Å². The maximum absolute atomic E-state index is 13.3. The van der Waals surface area contributed by atoms with Gasteiger partial charge in [0.05, 0.1) is 15.5 Å². The van der Waals surface area contributed by atoms with Crippen LogP contribution >= 0.6 is 34.8 Å². The number of hydrogen-bond acceptors (Lipinski definition) is 5. The normalized spacial score (nSPS) is 14.7. The zero-order valence-electron chi connectivity index (χ0n) is 18.0. The highest BCUT2D eigenvalue weighted by atomic mass is 35.5. The summed E-state index contributed by atoms with van der Waals surface area (Å²) in [6, 6.07) is 18.8. The van der Waals surface area contributed by atoms with E-state index in [2.05, 4.69) is 4.90 Å². The Kier molecular flexibility index (Phi) is 7.70. The second-order valence-electron chi connectivity index (χ2n) is 7.64. The number of halogens is 3. The van der Waals surface area contributed by atoms with Crippen molar-refractivity contribution in [2.24, 2.45) is 0 Å². The fraction of sp³-hybridized carbons (Fsp3) is 0.208. The van der Waals surface area contributed by atoms with Gasteiger partial charge in [-0.2, -0.15) is 4.31 Å². The molecule has 10 heteroatoms. The van der Waals surface area contributed by atoms with E-state index in [1.807, 2.05) is 30.3 Å². The van der Waals surface area contributed by atoms with E-state index in [9.17, 15) is 13.2 Å². The Morgan fingerprint density at radius 3 is 2.12 bits per heavy atom. The number of hydrogen-bond donors (Lipinski definition) is 0. The Morgan fingerprint density at radius 1 is 0.824 bits per heavy atom. The van der Waals surface area contributed by atoms with E-state index in [4.69, 9.17) is 39.5 Å². The number of carbonyl (C=O) groups is 1. The van der Waals surface area contributed by atoms with Gasteiger partial charge in [0.1, 0.15) is 6.61 Å². The molecular formula is C24H21Cl3N2O4S. The van der Waals surface area contributed by atoms with Crippen molar-refractivity contribution in [2.45, 2.75) is 11.5 Å². The lowest BCUT2D eigenvalue weighted by molar-refractivity contribution is 0.0473. The summed E-state index contributed by atoms with van der Waals surface area (Å²) in [6.45, 7) is 1.59. The molecule has 1 heterocycles. The maximum atomic E-state index is 13.3. The average molecular weight is 540 g/mol. The summed E-state index contributed by atoms with van der Waals surface area (Å²) in [4.78, 5) is 14.8. The van der Waals surface area contributed by atoms with Crippen LogP contribution in [0.3, 0.4) is 0 Å². The van der Waals surface area contributed by atoms with Crippen LogP contribution in [0.5, 0.6) is 0 Å². The van der Waals surface area contributed by atoms with Crippen molar-refractivity contribution in [2.75, 3.05) is 31.1 Å². The SMILES string of the molecule is O=C(OCc1c(Cl)cccc1Cl)c1cc(S(=O)(=O)N2CCN(c3ccccc3)CC2)ccc1Cl. The third-order valence-corrected chi connectivity index (χ3v) is 8.50. The number of anilines is 1. The zero-order chi connectivity index (χ0) is 24.3. The lowest BCUT2D eigenvalue weighted by atomic mass is 10.2. The van der Waals surface area contributed by atoms with Gasteiger partial charge in [-0.15, -0.1) is 0 Å². The van der Waals surface area contributed by atoms with E-state index in [0.717, 1.165) is 5.69 Å².